The number of rotatable bonds is 4. The van der Waals surface area contributed by atoms with Crippen molar-refractivity contribution in [3.05, 3.63) is 52.6 Å². The molecule has 0 saturated heterocycles. The Labute approximate surface area is 110 Å². The van der Waals surface area contributed by atoms with E-state index < -0.39 is 5.97 Å². The molecule has 1 aromatic carbocycles. The van der Waals surface area contributed by atoms with E-state index in [1.807, 2.05) is 24.3 Å². The molecule has 5 heteroatoms. The molecule has 0 aliphatic carbocycles. The van der Waals surface area contributed by atoms with E-state index >= 15 is 0 Å². The number of carbonyl (C=O) groups is 1. The standard InChI is InChI=1S/C13H13ClN2O2/c1-16-8-15-12(13(17)18)11(16)7-6-9-4-2-3-5-10(9)14/h2-5,8H,6-7H2,1H3,(H,17,18). The van der Waals surface area contributed by atoms with Gasteiger partial charge in [-0.1, -0.05) is 29.8 Å². The third-order valence-electron chi connectivity index (χ3n) is 2.85. The fraction of sp³-hybridized carbons (Fsp3) is 0.231. The van der Waals surface area contributed by atoms with E-state index in [0.717, 1.165) is 5.56 Å². The Kier molecular flexibility index (Phi) is 3.67. The number of benzene rings is 1. The van der Waals surface area contributed by atoms with Crippen LogP contribution in [-0.2, 0) is 19.9 Å². The van der Waals surface area contributed by atoms with E-state index in [1.54, 1.807) is 11.6 Å². The molecule has 0 saturated carbocycles. The molecule has 1 heterocycles. The third kappa shape index (κ3) is 2.54. The molecule has 0 aliphatic heterocycles. The molecule has 4 nitrogen and oxygen atoms in total. The minimum atomic E-state index is -0.996. The van der Waals surface area contributed by atoms with Gasteiger partial charge in [-0.15, -0.1) is 0 Å². The average Bonchev–Trinajstić information content (AvgIpc) is 2.70. The number of carboxylic acid groups (broad SMARTS) is 1. The van der Waals surface area contributed by atoms with Gasteiger partial charge in [0.25, 0.3) is 0 Å². The number of carboxylic acids is 1. The Morgan fingerprint density at radius 3 is 2.78 bits per heavy atom. The van der Waals surface area contributed by atoms with Gasteiger partial charge in [0, 0.05) is 12.1 Å². The number of aromatic carboxylic acids is 1. The Bertz CT molecular complexity index is 578. The lowest BCUT2D eigenvalue weighted by atomic mass is 10.1. The highest BCUT2D eigenvalue weighted by Crippen LogP contribution is 2.18. The van der Waals surface area contributed by atoms with Gasteiger partial charge in [0.15, 0.2) is 5.69 Å². The molecule has 0 atom stereocenters. The molecule has 0 amide bonds. The molecular formula is C13H13ClN2O2. The Morgan fingerprint density at radius 1 is 1.39 bits per heavy atom. The normalized spacial score (nSPS) is 10.6. The first-order chi connectivity index (χ1) is 8.59. The van der Waals surface area contributed by atoms with Crippen molar-refractivity contribution < 1.29 is 9.90 Å². The van der Waals surface area contributed by atoms with Crippen molar-refractivity contribution >= 4 is 17.6 Å². The number of aryl methyl sites for hydroxylation is 2. The van der Waals surface area contributed by atoms with Crippen molar-refractivity contribution in [2.24, 2.45) is 7.05 Å². The quantitative estimate of drug-likeness (QED) is 0.923. The minimum Gasteiger partial charge on any atom is -0.476 e. The molecule has 2 rings (SSSR count). The van der Waals surface area contributed by atoms with Crippen LogP contribution in [0.15, 0.2) is 30.6 Å². The summed E-state index contributed by atoms with van der Waals surface area (Å²) >= 11 is 6.07. The van der Waals surface area contributed by atoms with Crippen molar-refractivity contribution in [1.82, 2.24) is 9.55 Å². The molecule has 2 aromatic rings. The maximum atomic E-state index is 11.0. The molecule has 0 unspecified atom stereocenters. The topological polar surface area (TPSA) is 55.1 Å². The highest BCUT2D eigenvalue weighted by molar-refractivity contribution is 6.31. The highest BCUT2D eigenvalue weighted by Gasteiger charge is 2.15. The zero-order chi connectivity index (χ0) is 13.1. The van der Waals surface area contributed by atoms with Crippen molar-refractivity contribution in [3.8, 4) is 0 Å². The zero-order valence-corrected chi connectivity index (χ0v) is 10.7. The number of halogens is 1. The minimum absolute atomic E-state index is 0.115. The molecule has 1 aromatic heterocycles. The predicted octanol–water partition coefficient (Wildman–Crippen LogP) is 2.56. The average molecular weight is 265 g/mol. The van der Waals surface area contributed by atoms with Gasteiger partial charge in [-0.3, -0.25) is 0 Å². The summed E-state index contributed by atoms with van der Waals surface area (Å²) in [5.41, 5.74) is 1.84. The van der Waals surface area contributed by atoms with Crippen molar-refractivity contribution in [2.45, 2.75) is 12.8 Å². The van der Waals surface area contributed by atoms with Gasteiger partial charge in [-0.25, -0.2) is 9.78 Å². The second kappa shape index (κ2) is 5.23. The highest BCUT2D eigenvalue weighted by atomic mass is 35.5. The van der Waals surface area contributed by atoms with Crippen molar-refractivity contribution in [3.63, 3.8) is 0 Å². The van der Waals surface area contributed by atoms with Crippen LogP contribution >= 0.6 is 11.6 Å². The lowest BCUT2D eigenvalue weighted by molar-refractivity contribution is 0.0689. The van der Waals surface area contributed by atoms with Crippen LogP contribution in [0.3, 0.4) is 0 Å². The Hall–Kier alpha value is -1.81. The van der Waals surface area contributed by atoms with Gasteiger partial charge < -0.3 is 9.67 Å². The summed E-state index contributed by atoms with van der Waals surface area (Å²) in [4.78, 5) is 14.9. The van der Waals surface area contributed by atoms with Gasteiger partial charge in [-0.2, -0.15) is 0 Å². The largest absolute Gasteiger partial charge is 0.476 e. The summed E-state index contributed by atoms with van der Waals surface area (Å²) < 4.78 is 1.74. The number of hydrogen-bond donors (Lipinski definition) is 1. The van der Waals surface area contributed by atoms with Gasteiger partial charge in [-0.05, 0) is 24.5 Å². The summed E-state index contributed by atoms with van der Waals surface area (Å²) in [5, 5.41) is 9.73. The monoisotopic (exact) mass is 264 g/mol. The number of imidazole rings is 1. The van der Waals surface area contributed by atoms with E-state index in [0.29, 0.717) is 23.6 Å². The Balaban J connectivity index is 2.18. The lowest BCUT2D eigenvalue weighted by Gasteiger charge is -2.06. The second-order valence-electron chi connectivity index (χ2n) is 4.05. The summed E-state index contributed by atoms with van der Waals surface area (Å²) in [6.45, 7) is 0. The first kappa shape index (κ1) is 12.6. The first-order valence-corrected chi connectivity index (χ1v) is 5.94. The fourth-order valence-corrected chi connectivity index (χ4v) is 2.11. The van der Waals surface area contributed by atoms with Crippen molar-refractivity contribution in [2.75, 3.05) is 0 Å². The molecule has 0 aliphatic rings. The van der Waals surface area contributed by atoms with Crippen LogP contribution in [0.2, 0.25) is 5.02 Å². The summed E-state index contributed by atoms with van der Waals surface area (Å²) in [7, 11) is 1.79. The Morgan fingerprint density at radius 2 is 2.11 bits per heavy atom. The van der Waals surface area contributed by atoms with Gasteiger partial charge in [0.1, 0.15) is 0 Å². The zero-order valence-electron chi connectivity index (χ0n) is 9.93. The molecule has 1 N–H and O–H groups in total. The van der Waals surface area contributed by atoms with Gasteiger partial charge in [0.05, 0.1) is 12.0 Å². The second-order valence-corrected chi connectivity index (χ2v) is 4.45. The van der Waals surface area contributed by atoms with E-state index in [4.69, 9.17) is 16.7 Å². The summed E-state index contributed by atoms with van der Waals surface area (Å²) in [6.07, 6.45) is 2.81. The molecule has 0 fully saturated rings. The fourth-order valence-electron chi connectivity index (χ4n) is 1.88. The van der Waals surface area contributed by atoms with Crippen molar-refractivity contribution in [1.29, 1.82) is 0 Å². The first-order valence-electron chi connectivity index (χ1n) is 5.56. The third-order valence-corrected chi connectivity index (χ3v) is 3.22. The number of aromatic nitrogens is 2. The molecule has 18 heavy (non-hydrogen) atoms. The van der Waals surface area contributed by atoms with Gasteiger partial charge >= 0.3 is 5.97 Å². The van der Waals surface area contributed by atoms with Gasteiger partial charge in [0.2, 0.25) is 0 Å². The maximum Gasteiger partial charge on any atom is 0.356 e. The van der Waals surface area contributed by atoms with E-state index in [2.05, 4.69) is 4.98 Å². The van der Waals surface area contributed by atoms with E-state index in [1.165, 1.54) is 6.33 Å². The van der Waals surface area contributed by atoms with E-state index in [9.17, 15) is 4.79 Å². The van der Waals surface area contributed by atoms with E-state index in [-0.39, 0.29) is 5.69 Å². The van der Waals surface area contributed by atoms with Crippen LogP contribution in [0, 0.1) is 0 Å². The van der Waals surface area contributed by atoms with Crippen LogP contribution in [0.1, 0.15) is 21.7 Å². The van der Waals surface area contributed by atoms with Crippen LogP contribution in [0.4, 0.5) is 0 Å². The number of hydrogen-bond acceptors (Lipinski definition) is 2. The summed E-state index contributed by atoms with van der Waals surface area (Å²) in [6, 6.07) is 7.57. The maximum absolute atomic E-state index is 11.0. The van der Waals surface area contributed by atoms with Crippen LogP contribution in [0.25, 0.3) is 0 Å². The molecule has 0 radical (unpaired) electrons. The summed E-state index contributed by atoms with van der Waals surface area (Å²) in [5.74, 6) is -0.996. The van der Waals surface area contributed by atoms with Crippen LogP contribution in [-0.4, -0.2) is 20.6 Å². The SMILES string of the molecule is Cn1cnc(C(=O)O)c1CCc1ccccc1Cl. The molecular weight excluding hydrogens is 252 g/mol. The predicted molar refractivity (Wildman–Crippen MR) is 69.0 cm³/mol. The molecule has 0 bridgehead atoms. The van der Waals surface area contributed by atoms with Crippen LogP contribution < -0.4 is 0 Å². The van der Waals surface area contributed by atoms with Crippen LogP contribution in [0.5, 0.6) is 0 Å². The molecule has 94 valence electrons. The lowest BCUT2D eigenvalue weighted by Crippen LogP contribution is -2.06. The smallest absolute Gasteiger partial charge is 0.356 e. The number of nitrogens with zero attached hydrogens (tertiary/aromatic N) is 2. The molecule has 0 spiro atoms.